The summed E-state index contributed by atoms with van der Waals surface area (Å²) in [7, 11) is 0. The van der Waals surface area contributed by atoms with E-state index >= 15 is 0 Å². The third-order valence-electron chi connectivity index (χ3n) is 6.88. The van der Waals surface area contributed by atoms with Gasteiger partial charge in [-0.3, -0.25) is 9.97 Å². The standard InChI is InChI=1S/C24H33N3O/c1-19-15-21(17-27-20(19)2)16-25-13-10-23(22-7-3-6-12-26-22)11-14-28-24(18-23)8-4-5-9-24/h3,6-7,12,15,17,25H,4-5,8-11,13-14,16,18H2,1-2H3/t23-/m1/s1. The molecule has 2 aromatic rings. The van der Waals surface area contributed by atoms with Crippen LogP contribution in [0.5, 0.6) is 0 Å². The molecule has 4 heteroatoms. The maximum atomic E-state index is 6.35. The van der Waals surface area contributed by atoms with Gasteiger partial charge in [0.25, 0.3) is 0 Å². The smallest absolute Gasteiger partial charge is 0.0691 e. The van der Waals surface area contributed by atoms with Crippen molar-refractivity contribution in [1.82, 2.24) is 15.3 Å². The highest BCUT2D eigenvalue weighted by atomic mass is 16.5. The molecule has 0 unspecified atom stereocenters. The van der Waals surface area contributed by atoms with Crippen LogP contribution in [0.4, 0.5) is 0 Å². The molecule has 4 rings (SSSR count). The van der Waals surface area contributed by atoms with Gasteiger partial charge >= 0.3 is 0 Å². The molecule has 0 amide bonds. The Hall–Kier alpha value is -1.78. The Labute approximate surface area is 169 Å². The van der Waals surface area contributed by atoms with E-state index in [1.54, 1.807) is 0 Å². The van der Waals surface area contributed by atoms with Gasteiger partial charge in [0, 0.05) is 42.3 Å². The Balaban J connectivity index is 1.45. The highest BCUT2D eigenvalue weighted by molar-refractivity contribution is 5.23. The molecular formula is C24H33N3O. The average molecular weight is 380 g/mol. The van der Waals surface area contributed by atoms with Crippen molar-refractivity contribution in [2.45, 2.75) is 76.4 Å². The molecule has 1 N–H and O–H groups in total. The molecule has 1 saturated carbocycles. The first-order chi connectivity index (χ1) is 13.6. The molecule has 1 saturated heterocycles. The number of aryl methyl sites for hydroxylation is 2. The summed E-state index contributed by atoms with van der Waals surface area (Å²) in [6.07, 6.45) is 12.3. The second-order valence-corrected chi connectivity index (χ2v) is 8.83. The number of nitrogens with zero attached hydrogens (tertiary/aromatic N) is 2. The van der Waals surface area contributed by atoms with E-state index in [1.165, 1.54) is 42.5 Å². The predicted molar refractivity (Wildman–Crippen MR) is 112 cm³/mol. The molecule has 0 bridgehead atoms. The number of rotatable bonds is 6. The maximum absolute atomic E-state index is 6.35. The quantitative estimate of drug-likeness (QED) is 0.743. The van der Waals surface area contributed by atoms with E-state index < -0.39 is 0 Å². The van der Waals surface area contributed by atoms with Crippen molar-refractivity contribution >= 4 is 0 Å². The van der Waals surface area contributed by atoms with E-state index in [4.69, 9.17) is 9.72 Å². The van der Waals surface area contributed by atoms with Gasteiger partial charge in [-0.15, -0.1) is 0 Å². The van der Waals surface area contributed by atoms with Crippen LogP contribution in [0.2, 0.25) is 0 Å². The third kappa shape index (κ3) is 4.13. The zero-order valence-corrected chi connectivity index (χ0v) is 17.3. The molecule has 1 aliphatic heterocycles. The molecule has 2 aliphatic rings. The van der Waals surface area contributed by atoms with Crippen LogP contribution in [-0.4, -0.2) is 28.7 Å². The summed E-state index contributed by atoms with van der Waals surface area (Å²) in [6, 6.07) is 8.62. The fraction of sp³-hybridized carbons (Fsp3) is 0.583. The molecule has 2 fully saturated rings. The largest absolute Gasteiger partial charge is 0.375 e. The molecule has 28 heavy (non-hydrogen) atoms. The van der Waals surface area contributed by atoms with Gasteiger partial charge in [0.05, 0.1) is 5.60 Å². The minimum Gasteiger partial charge on any atom is -0.375 e. The number of ether oxygens (including phenoxy) is 1. The molecule has 1 spiro atoms. The third-order valence-corrected chi connectivity index (χ3v) is 6.88. The van der Waals surface area contributed by atoms with Gasteiger partial charge in [0.2, 0.25) is 0 Å². The lowest BCUT2D eigenvalue weighted by molar-refractivity contribution is -0.104. The first kappa shape index (κ1) is 19.5. The van der Waals surface area contributed by atoms with E-state index in [0.29, 0.717) is 0 Å². The van der Waals surface area contributed by atoms with Crippen molar-refractivity contribution in [3.05, 3.63) is 59.2 Å². The molecule has 150 valence electrons. The SMILES string of the molecule is Cc1cc(CNCC[C@@]2(c3ccccn3)CCOC3(CCCC3)C2)cnc1C. The second kappa shape index (κ2) is 8.30. The van der Waals surface area contributed by atoms with Gasteiger partial charge in [0.15, 0.2) is 0 Å². The fourth-order valence-electron chi connectivity index (χ4n) is 5.15. The first-order valence-corrected chi connectivity index (χ1v) is 10.8. The van der Waals surface area contributed by atoms with Gasteiger partial charge < -0.3 is 10.1 Å². The zero-order chi connectivity index (χ0) is 19.5. The minimum absolute atomic E-state index is 0.0910. The lowest BCUT2D eigenvalue weighted by atomic mass is 9.68. The van der Waals surface area contributed by atoms with Crippen molar-refractivity contribution in [1.29, 1.82) is 0 Å². The minimum atomic E-state index is 0.0910. The first-order valence-electron chi connectivity index (χ1n) is 10.8. The normalized spacial score (nSPS) is 23.9. The monoisotopic (exact) mass is 379 g/mol. The fourth-order valence-corrected chi connectivity index (χ4v) is 5.15. The molecule has 3 heterocycles. The Morgan fingerprint density at radius 2 is 1.96 bits per heavy atom. The van der Waals surface area contributed by atoms with Crippen LogP contribution in [0.25, 0.3) is 0 Å². The van der Waals surface area contributed by atoms with Crippen LogP contribution in [0.3, 0.4) is 0 Å². The maximum Gasteiger partial charge on any atom is 0.0691 e. The van der Waals surface area contributed by atoms with Crippen LogP contribution in [-0.2, 0) is 16.7 Å². The summed E-state index contributed by atoms with van der Waals surface area (Å²) in [4.78, 5) is 9.28. The van der Waals surface area contributed by atoms with Gasteiger partial charge in [0.1, 0.15) is 0 Å². The van der Waals surface area contributed by atoms with E-state index in [2.05, 4.69) is 42.3 Å². The molecule has 1 aliphatic carbocycles. The number of pyridine rings is 2. The van der Waals surface area contributed by atoms with E-state index in [9.17, 15) is 0 Å². The summed E-state index contributed by atoms with van der Waals surface area (Å²) >= 11 is 0. The van der Waals surface area contributed by atoms with Crippen LogP contribution < -0.4 is 5.32 Å². The Morgan fingerprint density at radius 1 is 1.11 bits per heavy atom. The van der Waals surface area contributed by atoms with Crippen LogP contribution in [0, 0.1) is 13.8 Å². The lowest BCUT2D eigenvalue weighted by Crippen LogP contribution is -2.47. The molecule has 1 atom stereocenters. The van der Waals surface area contributed by atoms with Crippen molar-refractivity contribution in [3.63, 3.8) is 0 Å². The Morgan fingerprint density at radius 3 is 2.71 bits per heavy atom. The highest BCUT2D eigenvalue weighted by Gasteiger charge is 2.48. The molecule has 2 aromatic heterocycles. The van der Waals surface area contributed by atoms with E-state index in [1.807, 2.05) is 18.5 Å². The summed E-state index contributed by atoms with van der Waals surface area (Å²) in [6.45, 7) is 6.91. The zero-order valence-electron chi connectivity index (χ0n) is 17.3. The van der Waals surface area contributed by atoms with Gasteiger partial charge in [-0.1, -0.05) is 25.0 Å². The topological polar surface area (TPSA) is 47.0 Å². The number of aromatic nitrogens is 2. The summed E-state index contributed by atoms with van der Waals surface area (Å²) in [5.74, 6) is 0. The van der Waals surface area contributed by atoms with Crippen LogP contribution >= 0.6 is 0 Å². The van der Waals surface area contributed by atoms with Gasteiger partial charge in [-0.25, -0.2) is 0 Å². The lowest BCUT2D eigenvalue weighted by Gasteiger charge is -2.46. The van der Waals surface area contributed by atoms with E-state index in [-0.39, 0.29) is 11.0 Å². The molecule has 0 aromatic carbocycles. The molecular weight excluding hydrogens is 346 g/mol. The van der Waals surface area contributed by atoms with Crippen molar-refractivity contribution < 1.29 is 4.74 Å². The Bertz CT molecular complexity index is 786. The average Bonchev–Trinajstić information content (AvgIpc) is 3.16. The van der Waals surface area contributed by atoms with Crippen molar-refractivity contribution in [2.75, 3.05) is 13.2 Å². The van der Waals surface area contributed by atoms with Crippen molar-refractivity contribution in [2.24, 2.45) is 0 Å². The van der Waals surface area contributed by atoms with Crippen molar-refractivity contribution in [3.8, 4) is 0 Å². The highest BCUT2D eigenvalue weighted by Crippen LogP contribution is 2.49. The summed E-state index contributed by atoms with van der Waals surface area (Å²) in [5, 5.41) is 3.66. The van der Waals surface area contributed by atoms with E-state index in [0.717, 1.165) is 44.7 Å². The summed E-state index contributed by atoms with van der Waals surface area (Å²) in [5.41, 5.74) is 5.10. The molecule has 4 nitrogen and oxygen atoms in total. The van der Waals surface area contributed by atoms with Gasteiger partial charge in [-0.2, -0.15) is 0 Å². The number of hydrogen-bond acceptors (Lipinski definition) is 4. The van der Waals surface area contributed by atoms with Crippen LogP contribution in [0.1, 0.15) is 67.5 Å². The molecule has 0 radical (unpaired) electrons. The van der Waals surface area contributed by atoms with Gasteiger partial charge in [-0.05, 0) is 75.8 Å². The second-order valence-electron chi connectivity index (χ2n) is 8.83. The predicted octanol–water partition coefficient (Wildman–Crippen LogP) is 4.63. The van der Waals surface area contributed by atoms with Crippen LogP contribution in [0.15, 0.2) is 36.7 Å². The summed E-state index contributed by atoms with van der Waals surface area (Å²) < 4.78 is 6.35. The Kier molecular flexibility index (Phi) is 5.79. The number of hydrogen-bond donors (Lipinski definition) is 1. The number of nitrogens with one attached hydrogen (secondary N) is 1.